The molecule has 0 amide bonds. The molecule has 0 aliphatic heterocycles. The van der Waals surface area contributed by atoms with Gasteiger partial charge < -0.3 is 4.90 Å². The van der Waals surface area contributed by atoms with Crippen molar-refractivity contribution in [2.75, 3.05) is 9.80 Å². The van der Waals surface area contributed by atoms with E-state index in [1.807, 2.05) is 97.1 Å². The van der Waals surface area contributed by atoms with Gasteiger partial charge in [-0.25, -0.2) is 14.8 Å². The normalized spacial score (nSPS) is 11.1. The molecule has 6 heteroatoms. The van der Waals surface area contributed by atoms with Gasteiger partial charge in [-0.15, -0.1) is 0 Å². The molecule has 0 saturated carbocycles. The van der Waals surface area contributed by atoms with Crippen molar-refractivity contribution < 1.29 is 0 Å². The Morgan fingerprint density at radius 3 is 1.41 bits per heavy atom. The Balaban J connectivity index is 1.19. The van der Waals surface area contributed by atoms with Gasteiger partial charge in [-0.2, -0.15) is 5.26 Å². The minimum atomic E-state index is 0.526. The zero-order valence-corrected chi connectivity index (χ0v) is 31.2. The maximum atomic E-state index is 10.6. The molecule has 8 aromatic carbocycles. The van der Waals surface area contributed by atoms with Crippen molar-refractivity contribution in [1.29, 1.82) is 5.26 Å². The zero-order chi connectivity index (χ0) is 39.0. The van der Waals surface area contributed by atoms with Crippen molar-refractivity contribution in [3.8, 4) is 28.3 Å². The molecule has 0 spiro atoms. The van der Waals surface area contributed by atoms with Crippen LogP contribution in [0.25, 0.3) is 59.4 Å². The predicted molar refractivity (Wildman–Crippen MR) is 237 cm³/mol. The van der Waals surface area contributed by atoms with E-state index in [4.69, 9.17) is 16.5 Å². The first kappa shape index (κ1) is 34.2. The molecule has 0 radical (unpaired) electrons. The number of pyridine rings is 2. The fraction of sp³-hybridized carbons (Fsp3) is 0. The molecule has 0 fully saturated rings. The van der Waals surface area contributed by atoms with Gasteiger partial charge in [0.15, 0.2) is 0 Å². The lowest BCUT2D eigenvalue weighted by Gasteiger charge is -2.29. The van der Waals surface area contributed by atoms with Crippen molar-refractivity contribution in [2.24, 2.45) is 0 Å². The molecule has 0 bridgehead atoms. The van der Waals surface area contributed by atoms with E-state index in [0.717, 1.165) is 77.3 Å². The van der Waals surface area contributed by atoms with Crippen LogP contribution in [0.2, 0.25) is 0 Å². The highest BCUT2D eigenvalue weighted by atomic mass is 15.2. The van der Waals surface area contributed by atoms with Gasteiger partial charge in [-0.3, -0.25) is 4.90 Å². The van der Waals surface area contributed by atoms with Crippen LogP contribution in [-0.4, -0.2) is 9.97 Å². The Morgan fingerprint density at radius 2 is 0.914 bits per heavy atom. The number of hydrogen-bond donors (Lipinski definition) is 0. The third kappa shape index (κ3) is 5.81. The van der Waals surface area contributed by atoms with Crippen molar-refractivity contribution >= 4 is 72.4 Å². The smallest absolute Gasteiger partial charge is 0.211 e. The Morgan fingerprint density at radius 1 is 0.448 bits per heavy atom. The molecule has 6 nitrogen and oxygen atoms in total. The number of anilines is 6. The number of nitrogens with zero attached hydrogens (tertiary/aromatic N) is 6. The van der Waals surface area contributed by atoms with Crippen LogP contribution in [0.5, 0.6) is 0 Å². The average Bonchev–Trinajstić information content (AvgIpc) is 3.30. The van der Waals surface area contributed by atoms with Gasteiger partial charge in [0, 0.05) is 23.2 Å². The average molecular weight is 741 g/mol. The first-order valence-electron chi connectivity index (χ1n) is 19.0. The summed E-state index contributed by atoms with van der Waals surface area (Å²) < 4.78 is 0. The highest BCUT2D eigenvalue weighted by molar-refractivity contribution is 6.28. The second-order valence-electron chi connectivity index (χ2n) is 14.0. The van der Waals surface area contributed by atoms with Gasteiger partial charge >= 0.3 is 0 Å². The molecule has 0 N–H and O–H groups in total. The molecule has 2 aromatic heterocycles. The van der Waals surface area contributed by atoms with Crippen molar-refractivity contribution in [3.63, 3.8) is 0 Å². The molecule has 0 saturated heterocycles. The maximum absolute atomic E-state index is 10.6. The molecule has 0 atom stereocenters. The number of hydrogen-bond acceptors (Lipinski definition) is 5. The maximum Gasteiger partial charge on any atom is 0.211 e. The monoisotopic (exact) mass is 740 g/mol. The van der Waals surface area contributed by atoms with Crippen LogP contribution in [-0.2, 0) is 0 Å². The largest absolute Gasteiger partial charge is 0.304 e. The molecule has 10 rings (SSSR count). The molecule has 58 heavy (non-hydrogen) atoms. The van der Waals surface area contributed by atoms with E-state index in [9.17, 15) is 5.26 Å². The lowest BCUT2D eigenvalue weighted by atomic mass is 9.91. The second kappa shape index (κ2) is 14.4. The third-order valence-electron chi connectivity index (χ3n) is 10.8. The van der Waals surface area contributed by atoms with E-state index >= 15 is 0 Å². The molecule has 270 valence electrons. The van der Waals surface area contributed by atoms with E-state index < -0.39 is 0 Å². The topological polar surface area (TPSA) is 60.4 Å². The molecular formula is C52H32N6. The number of rotatable bonds is 8. The Hall–Kier alpha value is -8.32. The Bertz CT molecular complexity index is 2970. The molecule has 10 aromatic rings. The van der Waals surface area contributed by atoms with Crippen LogP contribution in [0.3, 0.4) is 0 Å². The summed E-state index contributed by atoms with van der Waals surface area (Å²) in [7, 11) is 0. The number of benzene rings is 8. The molecule has 0 aliphatic carbocycles. The Kier molecular flexibility index (Phi) is 8.49. The van der Waals surface area contributed by atoms with Gasteiger partial charge in [-0.05, 0) is 104 Å². The van der Waals surface area contributed by atoms with Gasteiger partial charge in [0.2, 0.25) is 5.69 Å². The molecule has 2 heterocycles. The highest BCUT2D eigenvalue weighted by Gasteiger charge is 2.25. The summed E-state index contributed by atoms with van der Waals surface area (Å²) in [6.07, 6.45) is 3.57. The van der Waals surface area contributed by atoms with Gasteiger partial charge in [0.05, 0.1) is 34.9 Å². The van der Waals surface area contributed by atoms with E-state index in [1.54, 1.807) is 12.4 Å². The van der Waals surface area contributed by atoms with Crippen LogP contribution in [0, 0.1) is 17.9 Å². The fourth-order valence-electron chi connectivity index (χ4n) is 8.13. The Labute approximate surface area is 335 Å². The highest BCUT2D eigenvalue weighted by Crippen LogP contribution is 2.49. The number of nitriles is 1. The summed E-state index contributed by atoms with van der Waals surface area (Å²) in [6, 6.07) is 63.8. The summed E-state index contributed by atoms with van der Waals surface area (Å²) in [4.78, 5) is 17.9. The van der Waals surface area contributed by atoms with E-state index in [1.165, 1.54) is 0 Å². The number of aromatic nitrogens is 2. The summed E-state index contributed by atoms with van der Waals surface area (Å²) in [5.74, 6) is 1.41. The zero-order valence-electron chi connectivity index (χ0n) is 31.2. The van der Waals surface area contributed by atoms with Crippen LogP contribution < -0.4 is 9.80 Å². The first-order chi connectivity index (χ1) is 28.7. The van der Waals surface area contributed by atoms with Gasteiger partial charge in [0.25, 0.3) is 0 Å². The van der Waals surface area contributed by atoms with Crippen molar-refractivity contribution in [3.05, 3.63) is 211 Å². The first-order valence-corrected chi connectivity index (χ1v) is 19.0. The second-order valence-corrected chi connectivity index (χ2v) is 14.0. The van der Waals surface area contributed by atoms with Crippen molar-refractivity contribution in [2.45, 2.75) is 0 Å². The van der Waals surface area contributed by atoms with Gasteiger partial charge in [-0.1, -0.05) is 121 Å². The summed E-state index contributed by atoms with van der Waals surface area (Å²) in [5.41, 5.74) is 8.41. The summed E-state index contributed by atoms with van der Waals surface area (Å²) in [5, 5.41) is 17.0. The van der Waals surface area contributed by atoms with E-state index in [0.29, 0.717) is 22.9 Å². The summed E-state index contributed by atoms with van der Waals surface area (Å²) in [6.45, 7) is 8.33. The third-order valence-corrected chi connectivity index (χ3v) is 10.8. The van der Waals surface area contributed by atoms with E-state index in [-0.39, 0.29) is 0 Å². The van der Waals surface area contributed by atoms with Crippen LogP contribution in [0.15, 0.2) is 194 Å². The standard InChI is InChI=1S/C52H32N6/c1-54-44-33-40(36-14-6-3-7-15-36)23-29-48(44)58(50-17-9-11-31-56-50)47-28-21-38-18-24-42-46(27-20-37-19-25-43(47)52(38)51(37)42)57(49-16-8-10-30-55-49)45-26-22-39(32-41(45)34-53)35-12-4-2-5-13-35/h2-33H. The SMILES string of the molecule is [C-]#[N+]c1cc(-c2ccccc2)ccc1N(c1ccccn1)c1ccc2ccc3c(N(c4ccccn4)c4ccc(-c5ccccc5)cc4C#N)ccc4ccc1c2c43. The quantitative estimate of drug-likeness (QED) is 0.115. The predicted octanol–water partition coefficient (Wildman–Crippen LogP) is 14.1. The van der Waals surface area contributed by atoms with Gasteiger partial charge in [0.1, 0.15) is 17.7 Å². The summed E-state index contributed by atoms with van der Waals surface area (Å²) >= 11 is 0. The van der Waals surface area contributed by atoms with Crippen LogP contribution >= 0.6 is 0 Å². The molecule has 0 aliphatic rings. The molecular weight excluding hydrogens is 709 g/mol. The minimum Gasteiger partial charge on any atom is -0.304 e. The van der Waals surface area contributed by atoms with Crippen molar-refractivity contribution in [1.82, 2.24) is 9.97 Å². The minimum absolute atomic E-state index is 0.526. The fourth-order valence-corrected chi connectivity index (χ4v) is 8.13. The van der Waals surface area contributed by atoms with Crippen LogP contribution in [0.1, 0.15) is 5.56 Å². The lowest BCUT2D eigenvalue weighted by Crippen LogP contribution is -2.14. The van der Waals surface area contributed by atoms with Crippen LogP contribution in [0.4, 0.5) is 40.1 Å². The molecule has 0 unspecified atom stereocenters. The lowest BCUT2D eigenvalue weighted by molar-refractivity contribution is 1.18. The van der Waals surface area contributed by atoms with E-state index in [2.05, 4.69) is 106 Å².